The lowest BCUT2D eigenvalue weighted by Crippen LogP contribution is -2.60. The maximum Gasteiger partial charge on any atom is 0.471 e. The Morgan fingerprint density at radius 2 is 1.10 bits per heavy atom. The Morgan fingerprint density at radius 3 is 1.41 bits per heavy atom. The number of hydrogen-bond donors (Lipinski definition) is 3. The minimum absolute atomic E-state index is 0.0544. The predicted octanol–water partition coefficient (Wildman–Crippen LogP) is 4.34. The Hall–Kier alpha value is -3.12. The molecule has 2 saturated heterocycles. The van der Waals surface area contributed by atoms with E-state index >= 15 is 0 Å². The Bertz CT molecular complexity index is 1180. The zero-order valence-electron chi connectivity index (χ0n) is 22.2. The van der Waals surface area contributed by atoms with E-state index in [-0.39, 0.29) is 17.9 Å². The molecule has 4 fully saturated rings. The molecule has 2 aliphatic carbocycles. The normalized spacial score (nSPS) is 21.5. The van der Waals surface area contributed by atoms with Crippen LogP contribution in [0, 0.1) is 11.8 Å². The number of alkyl halides is 6. The summed E-state index contributed by atoms with van der Waals surface area (Å²) in [4.78, 5) is 24.4. The van der Waals surface area contributed by atoms with Gasteiger partial charge in [-0.1, -0.05) is 60.7 Å². The number of carbonyl (C=O) groups excluding carboxylic acids is 2. The zero-order chi connectivity index (χ0) is 29.5. The van der Waals surface area contributed by atoms with E-state index in [2.05, 4.69) is 45.1 Å². The van der Waals surface area contributed by atoms with Crippen LogP contribution in [-0.4, -0.2) is 66.3 Å². The summed E-state index contributed by atoms with van der Waals surface area (Å²) in [5.74, 6) is -3.39. The minimum atomic E-state index is -4.82. The first kappa shape index (κ1) is 29.4. The number of rotatable bonds is 7. The summed E-state index contributed by atoms with van der Waals surface area (Å²) in [5, 5.41) is 7.35. The monoisotopic (exact) mass is 582 g/mol. The maximum absolute atomic E-state index is 12.6. The van der Waals surface area contributed by atoms with Crippen molar-refractivity contribution in [3.05, 3.63) is 71.8 Å². The van der Waals surface area contributed by atoms with Crippen LogP contribution < -0.4 is 16.0 Å². The van der Waals surface area contributed by atoms with Crippen molar-refractivity contribution in [1.82, 2.24) is 20.9 Å². The molecule has 6 nitrogen and oxygen atoms in total. The first-order valence-corrected chi connectivity index (χ1v) is 13.7. The van der Waals surface area contributed by atoms with Gasteiger partial charge in [-0.05, 0) is 36.8 Å². The van der Waals surface area contributed by atoms with E-state index in [1.54, 1.807) is 0 Å². The van der Waals surface area contributed by atoms with Crippen molar-refractivity contribution < 1.29 is 35.9 Å². The number of nitrogens with one attached hydrogen (secondary N) is 3. The molecule has 2 aromatic carbocycles. The van der Waals surface area contributed by atoms with Gasteiger partial charge in [0, 0.05) is 49.1 Å². The standard InChI is InChI=1S/C21H21F3N2O.C8H11F3N2O/c22-21(23,24)19(27)25-20(11-12-20)17-13-26(14-17)18(15-7-3-1-4-8-15)16-9-5-2-6-10-16;9-8(10,11)6(14)13-7(1-2-7)5-3-12-4-5/h1-10,17-18H,11-14H2,(H,25,27);5,12H,1-4H2,(H,13,14). The average Bonchev–Trinajstić information content (AvgIpc) is 3.79. The summed E-state index contributed by atoms with van der Waals surface area (Å²) in [6, 6.07) is 20.3. The summed E-state index contributed by atoms with van der Waals surface area (Å²) in [6.45, 7) is 2.76. The number of carbonyl (C=O) groups is 2. The largest absolute Gasteiger partial charge is 0.471 e. The number of nitrogens with zero attached hydrogens (tertiary/aromatic N) is 1. The summed E-state index contributed by atoms with van der Waals surface area (Å²) in [7, 11) is 0. The van der Waals surface area contributed by atoms with Crippen LogP contribution in [0.25, 0.3) is 0 Å². The van der Waals surface area contributed by atoms with E-state index < -0.39 is 35.2 Å². The molecule has 0 unspecified atom stereocenters. The molecule has 0 radical (unpaired) electrons. The molecular weight excluding hydrogens is 550 g/mol. The van der Waals surface area contributed by atoms with Gasteiger partial charge in [-0.2, -0.15) is 26.3 Å². The number of likely N-dealkylation sites (tertiary alicyclic amines) is 1. The van der Waals surface area contributed by atoms with E-state index in [1.807, 2.05) is 36.4 Å². The van der Waals surface area contributed by atoms with E-state index in [0.717, 1.165) is 11.1 Å². The van der Waals surface area contributed by atoms with Crippen molar-refractivity contribution in [2.45, 2.75) is 55.2 Å². The molecule has 4 aliphatic rings. The van der Waals surface area contributed by atoms with Crippen LogP contribution in [0.3, 0.4) is 0 Å². The number of benzene rings is 2. The molecule has 12 heteroatoms. The van der Waals surface area contributed by atoms with E-state index in [1.165, 1.54) is 0 Å². The third kappa shape index (κ3) is 6.53. The highest BCUT2D eigenvalue weighted by atomic mass is 19.4. The van der Waals surface area contributed by atoms with Crippen LogP contribution in [0.5, 0.6) is 0 Å². The highest BCUT2D eigenvalue weighted by molar-refractivity contribution is 5.83. The maximum atomic E-state index is 12.6. The molecule has 3 N–H and O–H groups in total. The number of hydrogen-bond acceptors (Lipinski definition) is 4. The summed E-state index contributed by atoms with van der Waals surface area (Å²) >= 11 is 0. The van der Waals surface area contributed by atoms with Gasteiger partial charge in [-0.3, -0.25) is 14.5 Å². The third-order valence-corrected chi connectivity index (χ3v) is 8.67. The Balaban J connectivity index is 0.000000202. The number of halogens is 6. The van der Waals surface area contributed by atoms with Gasteiger partial charge in [0.1, 0.15) is 0 Å². The van der Waals surface area contributed by atoms with Gasteiger partial charge < -0.3 is 16.0 Å². The van der Waals surface area contributed by atoms with Crippen LogP contribution in [0.4, 0.5) is 26.3 Å². The van der Waals surface area contributed by atoms with E-state index in [9.17, 15) is 35.9 Å². The van der Waals surface area contributed by atoms with Crippen molar-refractivity contribution >= 4 is 11.8 Å². The Labute approximate surface area is 233 Å². The van der Waals surface area contributed by atoms with Crippen LogP contribution in [0.1, 0.15) is 42.9 Å². The smallest absolute Gasteiger partial charge is 0.342 e. The lowest BCUT2D eigenvalue weighted by atomic mass is 9.84. The van der Waals surface area contributed by atoms with Crippen molar-refractivity contribution in [3.63, 3.8) is 0 Å². The molecule has 2 amide bonds. The molecule has 0 aromatic heterocycles. The van der Waals surface area contributed by atoms with Crippen LogP contribution >= 0.6 is 0 Å². The van der Waals surface area contributed by atoms with E-state index in [4.69, 9.17) is 0 Å². The SMILES string of the molecule is O=C(NC1(C2CN(C(c3ccccc3)c3ccccc3)C2)CC1)C(F)(F)F.O=C(NC1(C2CNC2)CC1)C(F)(F)F. The van der Waals surface area contributed by atoms with Gasteiger partial charge in [-0.25, -0.2) is 0 Å². The predicted molar refractivity (Wildman–Crippen MR) is 138 cm³/mol. The third-order valence-electron chi connectivity index (χ3n) is 8.67. The van der Waals surface area contributed by atoms with Crippen molar-refractivity contribution in [3.8, 4) is 0 Å². The Kier molecular flexibility index (Phi) is 7.84. The van der Waals surface area contributed by atoms with Gasteiger partial charge in [0.25, 0.3) is 0 Å². The second-order valence-corrected chi connectivity index (χ2v) is 11.4. The second-order valence-electron chi connectivity index (χ2n) is 11.4. The molecular formula is C29H32F6N4O2. The minimum Gasteiger partial charge on any atom is -0.342 e. The molecule has 2 aromatic rings. The van der Waals surface area contributed by atoms with Gasteiger partial charge >= 0.3 is 24.2 Å². The molecule has 41 heavy (non-hydrogen) atoms. The average molecular weight is 583 g/mol. The fourth-order valence-corrected chi connectivity index (χ4v) is 5.77. The van der Waals surface area contributed by atoms with Gasteiger partial charge in [0.05, 0.1) is 6.04 Å². The number of amides is 2. The van der Waals surface area contributed by atoms with Crippen molar-refractivity contribution in [1.29, 1.82) is 0 Å². The van der Waals surface area contributed by atoms with E-state index in [0.29, 0.717) is 51.9 Å². The molecule has 0 atom stereocenters. The van der Waals surface area contributed by atoms with Crippen LogP contribution in [0.15, 0.2) is 60.7 Å². The zero-order valence-corrected chi connectivity index (χ0v) is 22.2. The molecule has 0 spiro atoms. The van der Waals surface area contributed by atoms with Gasteiger partial charge in [0.2, 0.25) is 0 Å². The highest BCUT2D eigenvalue weighted by Gasteiger charge is 2.58. The first-order valence-electron chi connectivity index (χ1n) is 13.7. The molecule has 0 bridgehead atoms. The highest BCUT2D eigenvalue weighted by Crippen LogP contribution is 2.49. The Morgan fingerprint density at radius 1 is 0.707 bits per heavy atom. The molecule has 222 valence electrons. The van der Waals surface area contributed by atoms with Gasteiger partial charge in [0.15, 0.2) is 0 Å². The second kappa shape index (κ2) is 10.9. The first-order chi connectivity index (χ1) is 19.3. The summed E-state index contributed by atoms with van der Waals surface area (Å²) in [6.07, 6.45) is -7.01. The molecule has 6 rings (SSSR count). The van der Waals surface area contributed by atoms with Crippen LogP contribution in [-0.2, 0) is 9.59 Å². The molecule has 2 aliphatic heterocycles. The lowest BCUT2D eigenvalue weighted by molar-refractivity contribution is -0.175. The quantitative estimate of drug-likeness (QED) is 0.425. The summed E-state index contributed by atoms with van der Waals surface area (Å²) < 4.78 is 73.7. The van der Waals surface area contributed by atoms with Crippen molar-refractivity contribution in [2.24, 2.45) is 11.8 Å². The fourth-order valence-electron chi connectivity index (χ4n) is 5.77. The van der Waals surface area contributed by atoms with Crippen LogP contribution in [0.2, 0.25) is 0 Å². The summed E-state index contributed by atoms with van der Waals surface area (Å²) in [5.41, 5.74) is 1.08. The van der Waals surface area contributed by atoms with Gasteiger partial charge in [-0.15, -0.1) is 0 Å². The van der Waals surface area contributed by atoms with Crippen molar-refractivity contribution in [2.75, 3.05) is 26.2 Å². The molecule has 2 heterocycles. The fraction of sp³-hybridized carbons (Fsp3) is 0.517. The lowest BCUT2D eigenvalue weighted by Gasteiger charge is -2.48. The topological polar surface area (TPSA) is 73.5 Å². The molecule has 2 saturated carbocycles.